The summed E-state index contributed by atoms with van der Waals surface area (Å²) in [4.78, 5) is 24.3. The number of carboxylic acids is 1. The van der Waals surface area contributed by atoms with E-state index in [1.54, 1.807) is 6.92 Å². The molecule has 1 saturated heterocycles. The lowest BCUT2D eigenvalue weighted by Gasteiger charge is -2.25. The summed E-state index contributed by atoms with van der Waals surface area (Å²) >= 11 is 1.40. The smallest absolute Gasteiger partial charge is 0.313 e. The lowest BCUT2D eigenvalue weighted by molar-refractivity contribution is -0.148. The molecule has 2 atom stereocenters. The Balaban J connectivity index is 1.81. The van der Waals surface area contributed by atoms with Gasteiger partial charge in [0.2, 0.25) is 0 Å². The first-order valence-electron chi connectivity index (χ1n) is 6.61. The standard InChI is InChI=1S/C15H15NO4S/c1-15(14(18)19)8-20-7-12(15)16-13(17)11-6-9-4-2-3-5-10(9)21-11/h2-6,12H,7-8H2,1H3,(H,16,17)(H,18,19). The number of carbonyl (C=O) groups excluding carboxylic acids is 1. The second kappa shape index (κ2) is 5.13. The van der Waals surface area contributed by atoms with Gasteiger partial charge in [-0.25, -0.2) is 0 Å². The summed E-state index contributed by atoms with van der Waals surface area (Å²) in [6, 6.07) is 9.05. The third kappa shape index (κ3) is 2.41. The highest BCUT2D eigenvalue weighted by Gasteiger charge is 2.47. The molecular weight excluding hydrogens is 290 g/mol. The number of benzene rings is 1. The van der Waals surface area contributed by atoms with Crippen LogP contribution in [0.1, 0.15) is 16.6 Å². The van der Waals surface area contributed by atoms with Gasteiger partial charge in [0.1, 0.15) is 5.41 Å². The van der Waals surface area contributed by atoms with Gasteiger partial charge in [-0.1, -0.05) is 18.2 Å². The fourth-order valence-electron chi connectivity index (χ4n) is 2.41. The summed E-state index contributed by atoms with van der Waals surface area (Å²) in [5.41, 5.74) is -1.08. The van der Waals surface area contributed by atoms with Gasteiger partial charge in [-0.15, -0.1) is 11.3 Å². The maximum Gasteiger partial charge on any atom is 0.313 e. The zero-order chi connectivity index (χ0) is 15.0. The number of amides is 1. The number of carbonyl (C=O) groups is 2. The van der Waals surface area contributed by atoms with Gasteiger partial charge in [0.15, 0.2) is 0 Å². The molecule has 2 unspecified atom stereocenters. The molecule has 1 aliphatic rings. The quantitative estimate of drug-likeness (QED) is 0.911. The molecule has 0 radical (unpaired) electrons. The lowest BCUT2D eigenvalue weighted by Crippen LogP contribution is -2.49. The Morgan fingerprint density at radius 2 is 2.19 bits per heavy atom. The molecular formula is C15H15NO4S. The van der Waals surface area contributed by atoms with Gasteiger partial charge in [-0.2, -0.15) is 0 Å². The average molecular weight is 305 g/mol. The molecule has 2 N–H and O–H groups in total. The Hall–Kier alpha value is -1.92. The molecule has 6 heteroatoms. The van der Waals surface area contributed by atoms with E-state index in [1.807, 2.05) is 30.3 Å². The Kier molecular flexibility index (Phi) is 3.43. The minimum atomic E-state index is -1.08. The van der Waals surface area contributed by atoms with Crippen molar-refractivity contribution in [2.24, 2.45) is 5.41 Å². The van der Waals surface area contributed by atoms with Gasteiger partial charge >= 0.3 is 5.97 Å². The third-order valence-electron chi connectivity index (χ3n) is 3.90. The minimum absolute atomic E-state index is 0.111. The maximum absolute atomic E-state index is 12.3. The molecule has 2 aromatic rings. The van der Waals surface area contributed by atoms with Gasteiger partial charge < -0.3 is 15.2 Å². The first kappa shape index (κ1) is 14.0. The highest BCUT2D eigenvalue weighted by molar-refractivity contribution is 7.20. The van der Waals surface area contributed by atoms with E-state index >= 15 is 0 Å². The fourth-order valence-corrected chi connectivity index (χ4v) is 3.37. The second-order valence-electron chi connectivity index (χ2n) is 5.41. The second-order valence-corrected chi connectivity index (χ2v) is 6.50. The topological polar surface area (TPSA) is 75.6 Å². The van der Waals surface area contributed by atoms with Crippen LogP contribution in [0.5, 0.6) is 0 Å². The van der Waals surface area contributed by atoms with Crippen molar-refractivity contribution in [3.63, 3.8) is 0 Å². The molecule has 2 heterocycles. The number of rotatable bonds is 3. The Morgan fingerprint density at radius 3 is 2.90 bits per heavy atom. The molecule has 5 nitrogen and oxygen atoms in total. The van der Waals surface area contributed by atoms with Crippen molar-refractivity contribution in [2.75, 3.05) is 13.2 Å². The SMILES string of the molecule is CC1(C(=O)O)COCC1NC(=O)c1cc2ccccc2s1. The summed E-state index contributed by atoms with van der Waals surface area (Å²) in [7, 11) is 0. The van der Waals surface area contributed by atoms with Crippen LogP contribution in [0.15, 0.2) is 30.3 Å². The van der Waals surface area contributed by atoms with Crippen molar-refractivity contribution >= 4 is 33.3 Å². The number of nitrogens with one attached hydrogen (secondary N) is 1. The zero-order valence-corrected chi connectivity index (χ0v) is 12.3. The number of aliphatic carboxylic acids is 1. The van der Waals surface area contributed by atoms with Gasteiger partial charge in [0.05, 0.1) is 24.1 Å². The van der Waals surface area contributed by atoms with Crippen LogP contribution in [0.3, 0.4) is 0 Å². The highest BCUT2D eigenvalue weighted by atomic mass is 32.1. The van der Waals surface area contributed by atoms with Gasteiger partial charge in [0, 0.05) is 4.70 Å². The van der Waals surface area contributed by atoms with E-state index in [2.05, 4.69) is 5.32 Å². The van der Waals surface area contributed by atoms with E-state index in [4.69, 9.17) is 4.74 Å². The number of thiophene rings is 1. The van der Waals surface area contributed by atoms with Crippen LogP contribution in [0.4, 0.5) is 0 Å². The maximum atomic E-state index is 12.3. The van der Waals surface area contributed by atoms with Crippen molar-refractivity contribution < 1.29 is 19.4 Å². The monoisotopic (exact) mass is 305 g/mol. The Labute approximate surface area is 125 Å². The van der Waals surface area contributed by atoms with Gasteiger partial charge in [0.25, 0.3) is 5.91 Å². The lowest BCUT2D eigenvalue weighted by atomic mass is 9.85. The van der Waals surface area contributed by atoms with Crippen LogP contribution in [0.2, 0.25) is 0 Å². The van der Waals surface area contributed by atoms with E-state index in [1.165, 1.54) is 11.3 Å². The van der Waals surface area contributed by atoms with Crippen LogP contribution < -0.4 is 5.32 Å². The van der Waals surface area contributed by atoms with Crippen LogP contribution in [0, 0.1) is 5.41 Å². The summed E-state index contributed by atoms with van der Waals surface area (Å²) in [5, 5.41) is 13.1. The third-order valence-corrected chi connectivity index (χ3v) is 5.01. The molecule has 0 saturated carbocycles. The minimum Gasteiger partial charge on any atom is -0.481 e. The Morgan fingerprint density at radius 1 is 1.43 bits per heavy atom. The van der Waals surface area contributed by atoms with Crippen molar-refractivity contribution in [2.45, 2.75) is 13.0 Å². The van der Waals surface area contributed by atoms with Gasteiger partial charge in [-0.05, 0) is 24.4 Å². The molecule has 1 aliphatic heterocycles. The predicted octanol–water partition coefficient (Wildman–Crippen LogP) is 2.12. The number of ether oxygens (including phenoxy) is 1. The van der Waals surface area contributed by atoms with E-state index in [9.17, 15) is 14.7 Å². The summed E-state index contributed by atoms with van der Waals surface area (Å²) in [5.74, 6) is -1.21. The fraction of sp³-hybridized carbons (Fsp3) is 0.333. The highest BCUT2D eigenvalue weighted by Crippen LogP contribution is 2.30. The summed E-state index contributed by atoms with van der Waals surface area (Å²) in [6.45, 7) is 1.93. The van der Waals surface area contributed by atoms with Crippen LogP contribution in [-0.2, 0) is 9.53 Å². The molecule has 21 heavy (non-hydrogen) atoms. The van der Waals surface area contributed by atoms with E-state index in [-0.39, 0.29) is 19.1 Å². The van der Waals surface area contributed by atoms with Crippen LogP contribution in [0.25, 0.3) is 10.1 Å². The molecule has 1 amide bonds. The number of fused-ring (bicyclic) bond motifs is 1. The molecule has 0 spiro atoms. The normalized spacial score (nSPS) is 25.1. The summed E-state index contributed by atoms with van der Waals surface area (Å²) in [6.07, 6.45) is 0. The molecule has 1 aromatic heterocycles. The first-order valence-corrected chi connectivity index (χ1v) is 7.43. The molecule has 0 aliphatic carbocycles. The van der Waals surface area contributed by atoms with E-state index in [0.29, 0.717) is 4.88 Å². The van der Waals surface area contributed by atoms with Crippen molar-refractivity contribution in [1.29, 1.82) is 0 Å². The van der Waals surface area contributed by atoms with E-state index < -0.39 is 17.4 Å². The average Bonchev–Trinajstić information content (AvgIpc) is 3.04. The van der Waals surface area contributed by atoms with Gasteiger partial charge in [-0.3, -0.25) is 9.59 Å². The molecule has 110 valence electrons. The van der Waals surface area contributed by atoms with Crippen molar-refractivity contribution in [3.05, 3.63) is 35.2 Å². The largest absolute Gasteiger partial charge is 0.481 e. The molecule has 1 fully saturated rings. The number of hydrogen-bond acceptors (Lipinski definition) is 4. The molecule has 0 bridgehead atoms. The molecule has 1 aromatic carbocycles. The first-order chi connectivity index (χ1) is 10.0. The van der Waals surface area contributed by atoms with Crippen molar-refractivity contribution in [1.82, 2.24) is 5.32 Å². The molecule has 3 rings (SSSR count). The zero-order valence-electron chi connectivity index (χ0n) is 11.5. The predicted molar refractivity (Wildman–Crippen MR) is 79.6 cm³/mol. The number of carboxylic acid groups (broad SMARTS) is 1. The summed E-state index contributed by atoms with van der Waals surface area (Å²) < 4.78 is 6.27. The van der Waals surface area contributed by atoms with E-state index in [0.717, 1.165) is 10.1 Å². The number of hydrogen-bond donors (Lipinski definition) is 2. The van der Waals surface area contributed by atoms with Crippen LogP contribution >= 0.6 is 11.3 Å². The Bertz CT molecular complexity index is 678. The van der Waals surface area contributed by atoms with Crippen molar-refractivity contribution in [3.8, 4) is 0 Å². The van der Waals surface area contributed by atoms with Crippen LogP contribution in [-0.4, -0.2) is 36.2 Å².